The van der Waals surface area contributed by atoms with Gasteiger partial charge in [0.2, 0.25) is 5.91 Å². The van der Waals surface area contributed by atoms with E-state index >= 15 is 0 Å². The number of anilines is 1. The van der Waals surface area contributed by atoms with Crippen molar-refractivity contribution in [1.82, 2.24) is 15.2 Å². The Kier molecular flexibility index (Phi) is 7.09. The van der Waals surface area contributed by atoms with E-state index in [0.29, 0.717) is 6.54 Å². The van der Waals surface area contributed by atoms with Crippen molar-refractivity contribution in [3.05, 3.63) is 54.4 Å². The van der Waals surface area contributed by atoms with E-state index in [1.807, 2.05) is 50.4 Å². The predicted octanol–water partition coefficient (Wildman–Crippen LogP) is 3.62. The van der Waals surface area contributed by atoms with E-state index in [-0.39, 0.29) is 11.9 Å². The van der Waals surface area contributed by atoms with Crippen LogP contribution in [-0.2, 0) is 4.79 Å². The highest BCUT2D eigenvalue weighted by atomic mass is 16.5. The number of pyridine rings is 1. The molecular formula is C23H32N4O2. The topological polar surface area (TPSA) is 66.5 Å². The van der Waals surface area contributed by atoms with Gasteiger partial charge >= 0.3 is 0 Å². The van der Waals surface area contributed by atoms with Crippen molar-refractivity contribution in [2.45, 2.75) is 44.7 Å². The van der Waals surface area contributed by atoms with E-state index < -0.39 is 5.54 Å². The number of carbonyl (C=O) groups is 1. The van der Waals surface area contributed by atoms with E-state index in [1.165, 1.54) is 19.3 Å². The Morgan fingerprint density at radius 1 is 1.17 bits per heavy atom. The summed E-state index contributed by atoms with van der Waals surface area (Å²) < 4.78 is 5.19. The Hall–Kier alpha value is -2.60. The maximum atomic E-state index is 13.0. The lowest BCUT2D eigenvalue weighted by Crippen LogP contribution is -2.50. The van der Waals surface area contributed by atoms with E-state index in [1.54, 1.807) is 13.3 Å². The number of likely N-dealkylation sites (tertiary alicyclic amines) is 1. The summed E-state index contributed by atoms with van der Waals surface area (Å²) in [7, 11) is 1.64. The van der Waals surface area contributed by atoms with Gasteiger partial charge in [-0.2, -0.15) is 0 Å². The van der Waals surface area contributed by atoms with Crippen LogP contribution < -0.4 is 15.4 Å². The van der Waals surface area contributed by atoms with Crippen molar-refractivity contribution in [1.29, 1.82) is 0 Å². The molecule has 1 fully saturated rings. The van der Waals surface area contributed by atoms with Gasteiger partial charge in [0.05, 0.1) is 13.2 Å². The average Bonchev–Trinajstić information content (AvgIpc) is 2.75. The van der Waals surface area contributed by atoms with Crippen molar-refractivity contribution in [3.63, 3.8) is 0 Å². The number of benzene rings is 1. The fourth-order valence-electron chi connectivity index (χ4n) is 3.76. The van der Waals surface area contributed by atoms with Gasteiger partial charge in [0.25, 0.3) is 0 Å². The number of carbonyl (C=O) groups excluding carboxylic acids is 1. The summed E-state index contributed by atoms with van der Waals surface area (Å²) in [5.41, 5.74) is 1.29. The molecule has 1 amide bonds. The first-order valence-electron chi connectivity index (χ1n) is 10.3. The maximum Gasteiger partial charge on any atom is 0.245 e. The van der Waals surface area contributed by atoms with Gasteiger partial charge in [-0.3, -0.25) is 14.7 Å². The minimum absolute atomic E-state index is 0.0285. The van der Waals surface area contributed by atoms with Gasteiger partial charge in [-0.15, -0.1) is 0 Å². The lowest BCUT2D eigenvalue weighted by atomic mass is 10.0. The number of rotatable bonds is 8. The second-order valence-corrected chi connectivity index (χ2v) is 8.09. The lowest BCUT2D eigenvalue weighted by Gasteiger charge is -2.35. The molecule has 2 aromatic rings. The number of piperidine rings is 1. The summed E-state index contributed by atoms with van der Waals surface area (Å²) in [6.07, 6.45) is 7.38. The van der Waals surface area contributed by atoms with Crippen LogP contribution in [0, 0.1) is 0 Å². The quantitative estimate of drug-likeness (QED) is 0.713. The van der Waals surface area contributed by atoms with Crippen LogP contribution in [0.4, 0.5) is 5.69 Å². The third-order valence-electron chi connectivity index (χ3n) is 5.47. The fourth-order valence-corrected chi connectivity index (χ4v) is 3.76. The van der Waals surface area contributed by atoms with Gasteiger partial charge < -0.3 is 15.4 Å². The number of ether oxygens (including phenoxy) is 1. The molecule has 1 saturated heterocycles. The van der Waals surface area contributed by atoms with Gasteiger partial charge in [-0.1, -0.05) is 12.5 Å². The molecule has 6 heteroatoms. The molecule has 0 spiro atoms. The first kappa shape index (κ1) is 21.1. The molecular weight excluding hydrogens is 364 g/mol. The van der Waals surface area contributed by atoms with Gasteiger partial charge in [0.1, 0.15) is 11.3 Å². The van der Waals surface area contributed by atoms with Crippen LogP contribution in [-0.4, -0.2) is 48.1 Å². The number of methoxy groups -OCH3 is 1. The number of hydrogen-bond acceptors (Lipinski definition) is 5. The highest BCUT2D eigenvalue weighted by Crippen LogP contribution is 2.24. The van der Waals surface area contributed by atoms with Crippen LogP contribution in [0.2, 0.25) is 0 Å². The average molecular weight is 397 g/mol. The molecule has 0 aliphatic carbocycles. The summed E-state index contributed by atoms with van der Waals surface area (Å²) >= 11 is 0. The Balaban J connectivity index is 1.64. The molecule has 0 saturated carbocycles. The highest BCUT2D eigenvalue weighted by Gasteiger charge is 2.29. The molecule has 1 aliphatic rings. The third-order valence-corrected chi connectivity index (χ3v) is 5.47. The van der Waals surface area contributed by atoms with Gasteiger partial charge in [0.15, 0.2) is 0 Å². The van der Waals surface area contributed by atoms with Crippen molar-refractivity contribution < 1.29 is 9.53 Å². The minimum atomic E-state index is -0.740. The van der Waals surface area contributed by atoms with Gasteiger partial charge in [-0.25, -0.2) is 0 Å². The zero-order chi connectivity index (χ0) is 20.7. The first-order chi connectivity index (χ1) is 14.0. The third kappa shape index (κ3) is 5.70. The molecule has 1 aromatic carbocycles. The molecule has 2 heterocycles. The standard InChI is InChI=1S/C23H32N4O2/c1-23(2,26-19-9-11-20(29-3)12-10-19)22(28)25-17-21(18-8-7-13-24-16-18)27-14-5-4-6-15-27/h7-13,16,21,26H,4-6,14-15,17H2,1-3H3,(H,25,28). The smallest absolute Gasteiger partial charge is 0.245 e. The van der Waals surface area contributed by atoms with Crippen LogP contribution in [0.15, 0.2) is 48.8 Å². The zero-order valence-electron chi connectivity index (χ0n) is 17.6. The van der Waals surface area contributed by atoms with Crippen LogP contribution >= 0.6 is 0 Å². The number of hydrogen-bond donors (Lipinski definition) is 2. The monoisotopic (exact) mass is 396 g/mol. The number of aromatic nitrogens is 1. The molecule has 6 nitrogen and oxygen atoms in total. The van der Waals surface area contributed by atoms with E-state index in [0.717, 1.165) is 30.1 Å². The number of nitrogens with zero attached hydrogens (tertiary/aromatic N) is 2. The molecule has 2 N–H and O–H groups in total. The molecule has 29 heavy (non-hydrogen) atoms. The fraction of sp³-hybridized carbons (Fsp3) is 0.478. The van der Waals surface area contributed by atoms with Crippen molar-refractivity contribution in [3.8, 4) is 5.75 Å². The van der Waals surface area contributed by atoms with Crippen LogP contribution in [0.25, 0.3) is 0 Å². The Bertz CT molecular complexity index is 771. The summed E-state index contributed by atoms with van der Waals surface area (Å²) in [4.78, 5) is 19.7. The van der Waals surface area contributed by atoms with Crippen molar-refractivity contribution in [2.24, 2.45) is 0 Å². The van der Waals surface area contributed by atoms with Crippen LogP contribution in [0.5, 0.6) is 5.75 Å². The van der Waals surface area contributed by atoms with E-state index in [9.17, 15) is 4.79 Å². The molecule has 0 radical (unpaired) electrons. The highest BCUT2D eigenvalue weighted by molar-refractivity contribution is 5.88. The molecule has 1 unspecified atom stereocenters. The van der Waals surface area contributed by atoms with Crippen LogP contribution in [0.1, 0.15) is 44.7 Å². The van der Waals surface area contributed by atoms with Gasteiger partial charge in [0, 0.05) is 24.6 Å². The van der Waals surface area contributed by atoms with Crippen molar-refractivity contribution in [2.75, 3.05) is 32.1 Å². The molecule has 1 aliphatic heterocycles. The molecule has 1 atom stereocenters. The SMILES string of the molecule is COc1ccc(NC(C)(C)C(=O)NCC(c2cccnc2)N2CCCCC2)cc1. The molecule has 3 rings (SSSR count). The van der Waals surface area contributed by atoms with Crippen molar-refractivity contribution >= 4 is 11.6 Å². The summed E-state index contributed by atoms with van der Waals surface area (Å²) in [5, 5.41) is 6.48. The summed E-state index contributed by atoms with van der Waals surface area (Å²) in [6.45, 7) is 6.48. The Morgan fingerprint density at radius 3 is 2.52 bits per heavy atom. The molecule has 1 aromatic heterocycles. The number of nitrogens with one attached hydrogen (secondary N) is 2. The Labute approximate surface area is 173 Å². The summed E-state index contributed by atoms with van der Waals surface area (Å²) in [5.74, 6) is 0.762. The van der Waals surface area contributed by atoms with E-state index in [4.69, 9.17) is 4.74 Å². The molecule has 156 valence electrons. The lowest BCUT2D eigenvalue weighted by molar-refractivity contribution is -0.124. The van der Waals surface area contributed by atoms with Gasteiger partial charge in [-0.05, 0) is 75.7 Å². The maximum absolute atomic E-state index is 13.0. The second-order valence-electron chi connectivity index (χ2n) is 8.09. The molecule has 0 bridgehead atoms. The number of amides is 1. The predicted molar refractivity (Wildman–Crippen MR) is 116 cm³/mol. The Morgan fingerprint density at radius 2 is 1.90 bits per heavy atom. The second kappa shape index (κ2) is 9.74. The normalized spacial score (nSPS) is 16.1. The van der Waals surface area contributed by atoms with E-state index in [2.05, 4.69) is 26.6 Å². The minimum Gasteiger partial charge on any atom is -0.497 e. The largest absolute Gasteiger partial charge is 0.497 e. The zero-order valence-corrected chi connectivity index (χ0v) is 17.6. The first-order valence-corrected chi connectivity index (χ1v) is 10.3. The summed E-state index contributed by atoms with van der Waals surface area (Å²) in [6, 6.07) is 11.8. The van der Waals surface area contributed by atoms with Crippen LogP contribution in [0.3, 0.4) is 0 Å².